The van der Waals surface area contributed by atoms with Crippen molar-refractivity contribution in [2.75, 3.05) is 159 Å². The molecule has 2 amide bonds. The van der Waals surface area contributed by atoms with Crippen LogP contribution in [0, 0.1) is 0 Å². The second-order valence-corrected chi connectivity index (χ2v) is 17.3. The van der Waals surface area contributed by atoms with Gasteiger partial charge in [0.05, 0.1) is 159 Å². The highest BCUT2D eigenvalue weighted by Crippen LogP contribution is 2.36. The zero-order chi connectivity index (χ0) is 36.6. The van der Waals surface area contributed by atoms with Crippen molar-refractivity contribution < 1.29 is 66.1 Å². The molecule has 0 N–H and O–H groups in total. The summed E-state index contributed by atoms with van der Waals surface area (Å²) < 4.78 is 66.3. The van der Waals surface area contributed by atoms with Crippen LogP contribution in [0.25, 0.3) is 0 Å². The molecule has 1 heterocycles. The first-order valence-corrected chi connectivity index (χ1v) is 20.6. The van der Waals surface area contributed by atoms with E-state index in [1.54, 1.807) is 0 Å². The van der Waals surface area contributed by atoms with Crippen LogP contribution < -0.4 is 0 Å². The summed E-state index contributed by atoms with van der Waals surface area (Å²) in [6, 6.07) is 0. The molecule has 1 rings (SSSR count). The van der Waals surface area contributed by atoms with Gasteiger partial charge in [-0.15, -0.1) is 0 Å². The highest BCUT2D eigenvalue weighted by molar-refractivity contribution is 6.74. The fourth-order valence-corrected chi connectivity index (χ4v) is 4.71. The topological polar surface area (TPSA) is 148 Å². The van der Waals surface area contributed by atoms with E-state index in [-0.39, 0.29) is 30.0 Å². The van der Waals surface area contributed by atoms with Crippen LogP contribution >= 0.6 is 0 Å². The molecule has 0 saturated carbocycles. The van der Waals surface area contributed by atoms with Gasteiger partial charge >= 0.3 is 0 Å². The molecule has 0 fully saturated rings. The van der Waals surface area contributed by atoms with Gasteiger partial charge in [-0.3, -0.25) is 14.5 Å². The summed E-state index contributed by atoms with van der Waals surface area (Å²) in [6.45, 7) is 22.6. The van der Waals surface area contributed by atoms with Crippen molar-refractivity contribution in [1.82, 2.24) is 4.90 Å². The average Bonchev–Trinajstić information content (AvgIpc) is 3.40. The maximum atomic E-state index is 11.4. The van der Waals surface area contributed by atoms with E-state index in [0.717, 1.165) is 4.90 Å². The molecule has 1 aliphatic heterocycles. The van der Waals surface area contributed by atoms with E-state index in [2.05, 4.69) is 33.9 Å². The molecule has 50 heavy (non-hydrogen) atoms. The van der Waals surface area contributed by atoms with E-state index in [1.807, 2.05) is 0 Å². The van der Waals surface area contributed by atoms with Crippen LogP contribution in [0.15, 0.2) is 12.2 Å². The van der Waals surface area contributed by atoms with Crippen LogP contribution in [0.3, 0.4) is 0 Å². The number of ether oxygens (including phenoxy) is 11. The van der Waals surface area contributed by atoms with Gasteiger partial charge in [-0.2, -0.15) is 0 Å². The third-order valence-corrected chi connectivity index (χ3v) is 12.1. The van der Waals surface area contributed by atoms with Crippen molar-refractivity contribution in [1.29, 1.82) is 0 Å². The molecule has 0 aliphatic carbocycles. The molecular weight excluding hydrogens is 674 g/mol. The lowest BCUT2D eigenvalue weighted by Gasteiger charge is -2.36. The second-order valence-electron chi connectivity index (χ2n) is 12.5. The first kappa shape index (κ1) is 46.6. The van der Waals surface area contributed by atoms with Crippen LogP contribution in [0.1, 0.15) is 20.8 Å². The Kier molecular flexibility index (Phi) is 29.1. The predicted octanol–water partition coefficient (Wildman–Crippen LogP) is 2.12. The maximum Gasteiger partial charge on any atom is 0.253 e. The molecular formula is C34H65NO14Si. The van der Waals surface area contributed by atoms with Crippen molar-refractivity contribution in [2.45, 2.75) is 38.9 Å². The number of hydrogen-bond acceptors (Lipinski definition) is 14. The van der Waals surface area contributed by atoms with Crippen LogP contribution in [0.4, 0.5) is 0 Å². The highest BCUT2D eigenvalue weighted by atomic mass is 28.4. The molecule has 0 spiro atoms. The third kappa shape index (κ3) is 26.4. The molecule has 0 unspecified atom stereocenters. The molecule has 16 heteroatoms. The van der Waals surface area contributed by atoms with E-state index in [1.165, 1.54) is 12.2 Å². The van der Waals surface area contributed by atoms with Crippen LogP contribution in [-0.2, 0) is 66.1 Å². The molecule has 15 nitrogen and oxygen atoms in total. The Labute approximate surface area is 300 Å². The lowest BCUT2D eigenvalue weighted by atomic mass is 10.2. The summed E-state index contributed by atoms with van der Waals surface area (Å²) >= 11 is 0. The SMILES string of the molecule is CC(C)(C)[Si](C)(C)OCCOCCOCCOCCOCCOCCOCCOCCOCCOCCOCCOCCN1C(=O)C=CC1=O. The summed E-state index contributed by atoms with van der Waals surface area (Å²) in [5.41, 5.74) is 0. The summed E-state index contributed by atoms with van der Waals surface area (Å²) in [6.07, 6.45) is 2.51. The van der Waals surface area contributed by atoms with Gasteiger partial charge in [0, 0.05) is 12.2 Å². The third-order valence-electron chi connectivity index (χ3n) is 7.58. The molecule has 0 bridgehead atoms. The Bertz CT molecular complexity index is 840. The first-order chi connectivity index (χ1) is 24.1. The van der Waals surface area contributed by atoms with Gasteiger partial charge in [-0.25, -0.2) is 0 Å². The Hall–Kier alpha value is -1.38. The van der Waals surface area contributed by atoms with E-state index < -0.39 is 8.32 Å². The predicted molar refractivity (Wildman–Crippen MR) is 188 cm³/mol. The van der Waals surface area contributed by atoms with Gasteiger partial charge in [0.15, 0.2) is 8.32 Å². The molecule has 0 aromatic carbocycles. The zero-order valence-electron chi connectivity index (χ0n) is 31.3. The fraction of sp³-hybridized carbons (Fsp3) is 0.882. The lowest BCUT2D eigenvalue weighted by molar-refractivity contribution is -0.137. The lowest BCUT2D eigenvalue weighted by Crippen LogP contribution is -2.41. The van der Waals surface area contributed by atoms with E-state index >= 15 is 0 Å². The smallest absolute Gasteiger partial charge is 0.253 e. The molecule has 0 saturated heterocycles. The number of rotatable bonds is 37. The molecule has 294 valence electrons. The summed E-state index contributed by atoms with van der Waals surface area (Å²) in [7, 11) is -1.70. The van der Waals surface area contributed by atoms with Crippen LogP contribution in [0.2, 0.25) is 18.1 Å². The van der Waals surface area contributed by atoms with Gasteiger partial charge < -0.3 is 56.5 Å². The van der Waals surface area contributed by atoms with E-state index in [9.17, 15) is 9.59 Å². The number of nitrogens with zero attached hydrogens (tertiary/aromatic N) is 1. The minimum absolute atomic E-state index is 0.211. The van der Waals surface area contributed by atoms with E-state index in [0.29, 0.717) is 145 Å². The number of imide groups is 1. The van der Waals surface area contributed by atoms with Gasteiger partial charge in [-0.05, 0) is 18.1 Å². The number of carbonyl (C=O) groups excluding carboxylic acids is 2. The van der Waals surface area contributed by atoms with Gasteiger partial charge in [-0.1, -0.05) is 20.8 Å². The van der Waals surface area contributed by atoms with Crippen molar-refractivity contribution in [3.05, 3.63) is 12.2 Å². The van der Waals surface area contributed by atoms with Crippen molar-refractivity contribution in [2.24, 2.45) is 0 Å². The monoisotopic (exact) mass is 739 g/mol. The quantitative estimate of drug-likeness (QED) is 0.0521. The van der Waals surface area contributed by atoms with Crippen molar-refractivity contribution >= 4 is 20.1 Å². The minimum atomic E-state index is -1.70. The maximum absolute atomic E-state index is 11.4. The Morgan fingerprint density at radius 1 is 0.420 bits per heavy atom. The van der Waals surface area contributed by atoms with Crippen LogP contribution in [0.5, 0.6) is 0 Å². The fourth-order valence-electron chi connectivity index (χ4n) is 3.68. The largest absolute Gasteiger partial charge is 0.414 e. The second kappa shape index (κ2) is 31.2. The van der Waals surface area contributed by atoms with Crippen molar-refractivity contribution in [3.8, 4) is 0 Å². The Morgan fingerprint density at radius 3 is 0.880 bits per heavy atom. The average molecular weight is 740 g/mol. The first-order valence-electron chi connectivity index (χ1n) is 17.7. The normalized spacial score (nSPS) is 13.7. The molecule has 0 aromatic rings. The number of carbonyl (C=O) groups is 2. The van der Waals surface area contributed by atoms with E-state index in [4.69, 9.17) is 56.5 Å². The van der Waals surface area contributed by atoms with Crippen LogP contribution in [-0.4, -0.2) is 184 Å². The molecule has 1 aliphatic rings. The van der Waals surface area contributed by atoms with Gasteiger partial charge in [0.2, 0.25) is 0 Å². The molecule has 0 radical (unpaired) electrons. The molecule has 0 aromatic heterocycles. The number of hydrogen-bond donors (Lipinski definition) is 0. The molecule has 0 atom stereocenters. The van der Waals surface area contributed by atoms with Crippen molar-refractivity contribution in [3.63, 3.8) is 0 Å². The standard InChI is InChI=1S/C34H65NO14Si/c1-34(2,3)50(4,5)49-31-30-48-29-28-47-27-26-46-25-24-45-23-22-44-21-20-43-19-18-42-17-16-41-15-14-40-13-12-39-11-10-38-9-8-35-32(36)6-7-33(35)37/h6-7H,8-31H2,1-5H3. The summed E-state index contributed by atoms with van der Waals surface area (Å²) in [5, 5.41) is 0.211. The summed E-state index contributed by atoms with van der Waals surface area (Å²) in [5.74, 6) is -0.613. The Balaban J connectivity index is 1.65. The van der Waals surface area contributed by atoms with Gasteiger partial charge in [0.1, 0.15) is 0 Å². The minimum Gasteiger partial charge on any atom is -0.414 e. The summed E-state index contributed by atoms with van der Waals surface area (Å²) in [4.78, 5) is 24.0. The Morgan fingerprint density at radius 2 is 0.640 bits per heavy atom. The number of amides is 2. The van der Waals surface area contributed by atoms with Gasteiger partial charge in [0.25, 0.3) is 11.8 Å². The zero-order valence-corrected chi connectivity index (χ0v) is 32.3. The highest BCUT2D eigenvalue weighted by Gasteiger charge is 2.36.